The molecule has 2 aliphatic carbocycles. The molecule has 214 valence electrons. The molecule has 40 heavy (non-hydrogen) atoms. The van der Waals surface area contributed by atoms with E-state index in [2.05, 4.69) is 26.7 Å². The quantitative estimate of drug-likeness (QED) is 0.357. The van der Waals surface area contributed by atoms with Crippen LogP contribution < -0.4 is 10.9 Å². The fourth-order valence-corrected chi connectivity index (χ4v) is 7.53. The molecule has 1 saturated heterocycles. The molecule has 3 aliphatic rings. The number of ether oxygens (including phenoxy) is 1. The Morgan fingerprint density at radius 3 is 2.62 bits per heavy atom. The molecule has 1 atom stereocenters. The first-order chi connectivity index (χ1) is 19.3. The van der Waals surface area contributed by atoms with Crippen molar-refractivity contribution in [1.29, 1.82) is 0 Å². The average Bonchev–Trinajstić information content (AvgIpc) is 3.70. The largest absolute Gasteiger partial charge is 0.372 e. The Labute approximate surface area is 240 Å². The van der Waals surface area contributed by atoms with Gasteiger partial charge < -0.3 is 19.6 Å². The third-order valence-electron chi connectivity index (χ3n) is 9.24. The minimum atomic E-state index is -0.169. The first-order valence-electron chi connectivity index (χ1n) is 14.7. The summed E-state index contributed by atoms with van der Waals surface area (Å²) in [6, 6.07) is 6.74. The summed E-state index contributed by atoms with van der Waals surface area (Å²) < 4.78 is 8.36. The summed E-state index contributed by atoms with van der Waals surface area (Å²) in [7, 11) is 0. The highest BCUT2D eigenvalue weighted by atomic mass is 32.2. The third-order valence-corrected chi connectivity index (χ3v) is 10.0. The maximum absolute atomic E-state index is 13.6. The van der Waals surface area contributed by atoms with E-state index in [-0.39, 0.29) is 24.1 Å². The molecule has 3 aromatic rings. The number of likely N-dealkylation sites (tertiary alicyclic amines) is 1. The van der Waals surface area contributed by atoms with Crippen LogP contribution in [0.3, 0.4) is 0 Å². The van der Waals surface area contributed by atoms with E-state index < -0.39 is 0 Å². The minimum absolute atomic E-state index is 0.154. The Hall–Kier alpha value is -2.62. The Kier molecular flexibility index (Phi) is 7.81. The van der Waals surface area contributed by atoms with E-state index in [0.717, 1.165) is 40.4 Å². The number of aryl methyl sites for hydroxylation is 1. The van der Waals surface area contributed by atoms with Crippen LogP contribution in [0, 0.1) is 19.8 Å². The molecule has 4 heterocycles. The van der Waals surface area contributed by atoms with E-state index in [1.165, 1.54) is 50.3 Å². The number of amides is 1. The van der Waals surface area contributed by atoms with Gasteiger partial charge in [0.2, 0.25) is 0 Å². The molecule has 8 nitrogen and oxygen atoms in total. The lowest BCUT2D eigenvalue weighted by Gasteiger charge is -2.47. The summed E-state index contributed by atoms with van der Waals surface area (Å²) in [6.45, 7) is 8.56. The van der Waals surface area contributed by atoms with Crippen molar-refractivity contribution in [2.75, 3.05) is 19.3 Å². The standard InChI is InChI=1S/C31H41N5O3S/c1-18-14-27(40-4)26(30(37)34-18)15-33-31(38)28-20(3)36(29-25(28)6-5-13-32-29)19(2)21-7-9-22(10-8-21)35-16-24(17-35)39-23-11-12-23/h5-6,13-14,19,21-24H,7-12,15-17H2,1-4H3,(H,33,38)(H,34,37)/t19-,21?,22?/m1/s1. The van der Waals surface area contributed by atoms with Crippen LogP contribution in [0.15, 0.2) is 34.1 Å². The van der Waals surface area contributed by atoms with Crippen molar-refractivity contribution in [3.8, 4) is 0 Å². The van der Waals surface area contributed by atoms with Crippen LogP contribution in [0.5, 0.6) is 0 Å². The molecule has 2 saturated carbocycles. The fraction of sp³-hybridized carbons (Fsp3) is 0.581. The number of fused-ring (bicyclic) bond motifs is 1. The molecule has 6 rings (SSSR count). The molecule has 0 bridgehead atoms. The van der Waals surface area contributed by atoms with Crippen LogP contribution in [0.1, 0.15) is 78.8 Å². The fourth-order valence-electron chi connectivity index (χ4n) is 6.83. The molecule has 9 heteroatoms. The van der Waals surface area contributed by atoms with Gasteiger partial charge in [-0.05, 0) is 89.7 Å². The summed E-state index contributed by atoms with van der Waals surface area (Å²) in [5.74, 6) is 0.372. The van der Waals surface area contributed by atoms with Gasteiger partial charge in [0.15, 0.2) is 0 Å². The Balaban J connectivity index is 1.16. The first kappa shape index (κ1) is 27.5. The van der Waals surface area contributed by atoms with Gasteiger partial charge >= 0.3 is 0 Å². The number of thioether (sulfide) groups is 1. The smallest absolute Gasteiger partial charge is 0.254 e. The van der Waals surface area contributed by atoms with E-state index in [0.29, 0.717) is 35.3 Å². The highest BCUT2D eigenvalue weighted by molar-refractivity contribution is 7.98. The molecule has 0 aromatic carbocycles. The minimum Gasteiger partial charge on any atom is -0.372 e. The van der Waals surface area contributed by atoms with Crippen LogP contribution in [0.25, 0.3) is 11.0 Å². The van der Waals surface area contributed by atoms with Crippen molar-refractivity contribution < 1.29 is 9.53 Å². The number of hydrogen-bond donors (Lipinski definition) is 2. The molecule has 0 radical (unpaired) electrons. The van der Waals surface area contributed by atoms with Gasteiger partial charge in [0, 0.05) is 65.1 Å². The number of H-pyrrole nitrogens is 1. The van der Waals surface area contributed by atoms with Gasteiger partial charge in [-0.3, -0.25) is 14.5 Å². The van der Waals surface area contributed by atoms with Gasteiger partial charge in [-0.1, -0.05) is 0 Å². The van der Waals surface area contributed by atoms with Crippen LogP contribution in [-0.2, 0) is 11.3 Å². The van der Waals surface area contributed by atoms with E-state index >= 15 is 0 Å². The van der Waals surface area contributed by atoms with E-state index in [4.69, 9.17) is 9.72 Å². The molecule has 0 unspecified atom stereocenters. The second-order valence-corrected chi connectivity index (χ2v) is 12.8. The zero-order valence-corrected chi connectivity index (χ0v) is 24.9. The van der Waals surface area contributed by atoms with Crippen LogP contribution in [-0.4, -0.2) is 62.9 Å². The topological polar surface area (TPSA) is 92.2 Å². The number of carbonyl (C=O) groups is 1. The van der Waals surface area contributed by atoms with E-state index in [1.54, 1.807) is 0 Å². The van der Waals surface area contributed by atoms with E-state index in [9.17, 15) is 9.59 Å². The maximum atomic E-state index is 13.6. The second kappa shape index (κ2) is 11.3. The lowest BCUT2D eigenvalue weighted by molar-refractivity contribution is -0.0864. The molecule has 3 aromatic heterocycles. The predicted octanol–water partition coefficient (Wildman–Crippen LogP) is 4.98. The van der Waals surface area contributed by atoms with Crippen LogP contribution in [0.4, 0.5) is 0 Å². The second-order valence-electron chi connectivity index (χ2n) is 11.9. The van der Waals surface area contributed by atoms with Gasteiger partial charge in [0.1, 0.15) is 5.65 Å². The van der Waals surface area contributed by atoms with Gasteiger partial charge in [0.05, 0.1) is 17.8 Å². The third kappa shape index (κ3) is 5.35. The number of rotatable bonds is 9. The van der Waals surface area contributed by atoms with Gasteiger partial charge in [-0.15, -0.1) is 11.8 Å². The summed E-state index contributed by atoms with van der Waals surface area (Å²) in [4.78, 5) is 37.3. The lowest BCUT2D eigenvalue weighted by Crippen LogP contribution is -2.57. The highest BCUT2D eigenvalue weighted by Gasteiger charge is 2.39. The molecule has 1 aliphatic heterocycles. The molecule has 1 amide bonds. The maximum Gasteiger partial charge on any atom is 0.254 e. The summed E-state index contributed by atoms with van der Waals surface area (Å²) in [5, 5.41) is 3.90. The normalized spacial score (nSPS) is 22.8. The van der Waals surface area contributed by atoms with Crippen molar-refractivity contribution >= 4 is 28.7 Å². The van der Waals surface area contributed by atoms with Gasteiger partial charge in [-0.2, -0.15) is 0 Å². The predicted molar refractivity (Wildman–Crippen MR) is 159 cm³/mol. The Bertz CT molecular complexity index is 1450. The van der Waals surface area contributed by atoms with Crippen molar-refractivity contribution in [1.82, 2.24) is 24.8 Å². The zero-order chi connectivity index (χ0) is 28.0. The lowest BCUT2D eigenvalue weighted by atomic mass is 9.80. The number of nitrogens with zero attached hydrogens (tertiary/aromatic N) is 3. The van der Waals surface area contributed by atoms with E-state index in [1.807, 2.05) is 44.5 Å². The summed E-state index contributed by atoms with van der Waals surface area (Å²) in [5.41, 5.74) is 3.70. The zero-order valence-electron chi connectivity index (χ0n) is 24.0. The molecular formula is C31H41N5O3S. The monoisotopic (exact) mass is 563 g/mol. The number of aromatic amines is 1. The van der Waals surface area contributed by atoms with Crippen molar-refractivity contribution in [2.24, 2.45) is 5.92 Å². The van der Waals surface area contributed by atoms with Crippen molar-refractivity contribution in [3.63, 3.8) is 0 Å². The number of pyridine rings is 2. The van der Waals surface area contributed by atoms with Crippen molar-refractivity contribution in [2.45, 2.75) is 95.0 Å². The Morgan fingerprint density at radius 2 is 1.93 bits per heavy atom. The van der Waals surface area contributed by atoms with Crippen LogP contribution in [0.2, 0.25) is 0 Å². The first-order valence-corrected chi connectivity index (χ1v) is 16.0. The van der Waals surface area contributed by atoms with Gasteiger partial charge in [-0.25, -0.2) is 4.98 Å². The number of nitrogens with one attached hydrogen (secondary N) is 2. The number of carbonyl (C=O) groups excluding carboxylic acids is 1. The van der Waals surface area contributed by atoms with Crippen molar-refractivity contribution in [3.05, 3.63) is 57.3 Å². The average molecular weight is 564 g/mol. The summed E-state index contributed by atoms with van der Waals surface area (Å²) in [6.07, 6.45) is 12.0. The Morgan fingerprint density at radius 1 is 1.18 bits per heavy atom. The SMILES string of the molecule is CSc1cc(C)[nH]c(=O)c1CNC(=O)c1c(C)n([C@H](C)C2CCC(N3CC(OC4CC4)C3)CC2)c2ncccc12. The van der Waals surface area contributed by atoms with Gasteiger partial charge in [0.25, 0.3) is 11.5 Å². The number of hydrogen-bond acceptors (Lipinski definition) is 6. The molecule has 3 fully saturated rings. The molecular weight excluding hydrogens is 522 g/mol. The number of aromatic nitrogens is 3. The van der Waals surface area contributed by atoms with Crippen LogP contribution >= 0.6 is 11.8 Å². The molecule has 0 spiro atoms. The highest BCUT2D eigenvalue weighted by Crippen LogP contribution is 2.39. The summed E-state index contributed by atoms with van der Waals surface area (Å²) >= 11 is 1.52. The molecule has 2 N–H and O–H groups in total.